The first kappa shape index (κ1) is 11.2. The Labute approximate surface area is 103 Å². The fraction of sp³-hybridized carbons (Fsp3) is 0.600. The number of hydrogen-bond donors (Lipinski definition) is 1. The number of rotatable bonds is 2. The molecule has 1 aromatic rings. The molecule has 17 heavy (non-hydrogen) atoms. The fourth-order valence-electron chi connectivity index (χ4n) is 3.42. The molecule has 1 aliphatic heterocycles. The second-order valence-electron chi connectivity index (χ2n) is 5.97. The Kier molecular flexibility index (Phi) is 2.53. The van der Waals surface area contributed by atoms with Gasteiger partial charge in [0.25, 0.3) is 0 Å². The molecular formula is C15H21NO. The Morgan fingerprint density at radius 2 is 2.18 bits per heavy atom. The quantitative estimate of drug-likeness (QED) is 0.848. The van der Waals surface area contributed by atoms with E-state index in [1.807, 2.05) is 0 Å². The maximum absolute atomic E-state index is 5.85. The number of fused-ring (bicyclic) bond motifs is 1. The summed E-state index contributed by atoms with van der Waals surface area (Å²) in [5.41, 5.74) is 10.6. The largest absolute Gasteiger partial charge is 0.376 e. The summed E-state index contributed by atoms with van der Waals surface area (Å²) in [6, 6.07) is 6.90. The molecule has 0 spiro atoms. The molecule has 2 heteroatoms. The SMILES string of the molecule is CC1(C)[C@H](CN)[C@H]1c1ccc2c(c1)CCOC2. The van der Waals surface area contributed by atoms with Gasteiger partial charge in [-0.05, 0) is 46.9 Å². The zero-order valence-electron chi connectivity index (χ0n) is 10.7. The van der Waals surface area contributed by atoms with E-state index >= 15 is 0 Å². The van der Waals surface area contributed by atoms with Gasteiger partial charge < -0.3 is 10.5 Å². The molecule has 0 bridgehead atoms. The van der Waals surface area contributed by atoms with Crippen LogP contribution >= 0.6 is 0 Å². The van der Waals surface area contributed by atoms with Crippen molar-refractivity contribution in [3.05, 3.63) is 34.9 Å². The first-order valence-corrected chi connectivity index (χ1v) is 6.54. The van der Waals surface area contributed by atoms with Crippen LogP contribution in [0.15, 0.2) is 18.2 Å². The lowest BCUT2D eigenvalue weighted by Crippen LogP contribution is -2.10. The highest BCUT2D eigenvalue weighted by molar-refractivity contribution is 5.39. The molecule has 3 rings (SSSR count). The van der Waals surface area contributed by atoms with E-state index in [9.17, 15) is 0 Å². The van der Waals surface area contributed by atoms with Gasteiger partial charge >= 0.3 is 0 Å². The molecule has 92 valence electrons. The predicted molar refractivity (Wildman–Crippen MR) is 68.9 cm³/mol. The van der Waals surface area contributed by atoms with Crippen molar-refractivity contribution in [1.29, 1.82) is 0 Å². The van der Waals surface area contributed by atoms with Gasteiger partial charge in [-0.3, -0.25) is 0 Å². The normalized spacial score (nSPS) is 29.8. The van der Waals surface area contributed by atoms with Crippen molar-refractivity contribution in [2.45, 2.75) is 32.8 Å². The first-order valence-electron chi connectivity index (χ1n) is 6.54. The molecule has 2 aliphatic rings. The summed E-state index contributed by atoms with van der Waals surface area (Å²) in [7, 11) is 0. The van der Waals surface area contributed by atoms with Crippen LogP contribution in [-0.2, 0) is 17.8 Å². The third-order valence-corrected chi connectivity index (χ3v) is 4.67. The minimum atomic E-state index is 0.383. The molecule has 1 aliphatic carbocycles. The molecule has 1 saturated carbocycles. The van der Waals surface area contributed by atoms with Crippen molar-refractivity contribution in [1.82, 2.24) is 0 Å². The van der Waals surface area contributed by atoms with Crippen LogP contribution in [0.4, 0.5) is 0 Å². The number of benzene rings is 1. The van der Waals surface area contributed by atoms with Crippen LogP contribution < -0.4 is 5.73 Å². The van der Waals surface area contributed by atoms with E-state index < -0.39 is 0 Å². The van der Waals surface area contributed by atoms with E-state index in [2.05, 4.69) is 32.0 Å². The lowest BCUT2D eigenvalue weighted by molar-refractivity contribution is 0.110. The Balaban J connectivity index is 1.90. The molecule has 0 saturated heterocycles. The molecule has 2 atom stereocenters. The first-order chi connectivity index (χ1) is 8.14. The van der Waals surface area contributed by atoms with E-state index in [1.54, 1.807) is 0 Å². The Morgan fingerprint density at radius 1 is 1.35 bits per heavy atom. The van der Waals surface area contributed by atoms with Crippen molar-refractivity contribution < 1.29 is 4.74 Å². The third kappa shape index (κ3) is 1.71. The summed E-state index contributed by atoms with van der Waals surface area (Å²) in [6.45, 7) is 7.11. The van der Waals surface area contributed by atoms with Crippen LogP contribution in [0.1, 0.15) is 36.5 Å². The van der Waals surface area contributed by atoms with Gasteiger partial charge in [0.15, 0.2) is 0 Å². The Bertz CT molecular complexity index is 439. The van der Waals surface area contributed by atoms with Crippen LogP contribution in [0.5, 0.6) is 0 Å². The van der Waals surface area contributed by atoms with Crippen LogP contribution in [0, 0.1) is 11.3 Å². The lowest BCUT2D eigenvalue weighted by Gasteiger charge is -2.17. The minimum Gasteiger partial charge on any atom is -0.376 e. The van der Waals surface area contributed by atoms with Gasteiger partial charge in [0.1, 0.15) is 0 Å². The van der Waals surface area contributed by atoms with Crippen molar-refractivity contribution in [3.63, 3.8) is 0 Å². The molecule has 0 radical (unpaired) electrons. The van der Waals surface area contributed by atoms with E-state index in [-0.39, 0.29) is 0 Å². The molecule has 2 N–H and O–H groups in total. The van der Waals surface area contributed by atoms with Gasteiger partial charge in [-0.2, -0.15) is 0 Å². The van der Waals surface area contributed by atoms with Crippen LogP contribution in [-0.4, -0.2) is 13.2 Å². The number of ether oxygens (including phenoxy) is 1. The summed E-state index contributed by atoms with van der Waals surface area (Å²) >= 11 is 0. The molecule has 0 aromatic heterocycles. The third-order valence-electron chi connectivity index (χ3n) is 4.67. The zero-order chi connectivity index (χ0) is 12.0. The predicted octanol–water partition coefficient (Wildman–Crippen LogP) is 2.46. The molecule has 1 aromatic carbocycles. The van der Waals surface area contributed by atoms with Gasteiger partial charge in [-0.15, -0.1) is 0 Å². The lowest BCUT2D eigenvalue weighted by atomic mass is 9.96. The zero-order valence-corrected chi connectivity index (χ0v) is 10.7. The molecule has 1 fully saturated rings. The average molecular weight is 231 g/mol. The minimum absolute atomic E-state index is 0.383. The summed E-state index contributed by atoms with van der Waals surface area (Å²) in [5, 5.41) is 0. The van der Waals surface area contributed by atoms with Gasteiger partial charge in [-0.1, -0.05) is 32.0 Å². The monoisotopic (exact) mass is 231 g/mol. The van der Waals surface area contributed by atoms with Crippen LogP contribution in [0.2, 0.25) is 0 Å². The molecule has 0 amide bonds. The molecule has 0 unspecified atom stereocenters. The highest BCUT2D eigenvalue weighted by Crippen LogP contribution is 2.63. The average Bonchev–Trinajstić information content (AvgIpc) is 2.90. The maximum atomic E-state index is 5.85. The highest BCUT2D eigenvalue weighted by Gasteiger charge is 2.57. The smallest absolute Gasteiger partial charge is 0.0719 e. The van der Waals surface area contributed by atoms with Gasteiger partial charge in [-0.25, -0.2) is 0 Å². The number of hydrogen-bond acceptors (Lipinski definition) is 2. The van der Waals surface area contributed by atoms with Gasteiger partial charge in [0.2, 0.25) is 0 Å². The van der Waals surface area contributed by atoms with E-state index in [4.69, 9.17) is 10.5 Å². The second-order valence-corrected chi connectivity index (χ2v) is 5.97. The summed E-state index contributed by atoms with van der Waals surface area (Å²) < 4.78 is 5.48. The number of nitrogens with two attached hydrogens (primary N) is 1. The van der Waals surface area contributed by atoms with E-state index in [0.29, 0.717) is 17.3 Å². The fourth-order valence-corrected chi connectivity index (χ4v) is 3.42. The van der Waals surface area contributed by atoms with Gasteiger partial charge in [0.05, 0.1) is 13.2 Å². The highest BCUT2D eigenvalue weighted by atomic mass is 16.5. The topological polar surface area (TPSA) is 35.2 Å². The van der Waals surface area contributed by atoms with Crippen LogP contribution in [0.3, 0.4) is 0 Å². The Hall–Kier alpha value is -0.860. The van der Waals surface area contributed by atoms with Crippen molar-refractivity contribution in [2.24, 2.45) is 17.1 Å². The van der Waals surface area contributed by atoms with Gasteiger partial charge in [0, 0.05) is 0 Å². The van der Waals surface area contributed by atoms with E-state index in [1.165, 1.54) is 16.7 Å². The standard InChI is InChI=1S/C15H21NO/c1-15(2)13(8-16)14(15)11-3-4-12-9-17-6-5-10(12)7-11/h3-4,7,13-14H,5-6,8-9,16H2,1-2H3/t13-,14-/m1/s1. The molecule has 1 heterocycles. The molecular weight excluding hydrogens is 210 g/mol. The second kappa shape index (κ2) is 3.82. The van der Waals surface area contributed by atoms with Crippen LogP contribution in [0.25, 0.3) is 0 Å². The summed E-state index contributed by atoms with van der Waals surface area (Å²) in [6.07, 6.45) is 1.06. The molecule has 2 nitrogen and oxygen atoms in total. The van der Waals surface area contributed by atoms with E-state index in [0.717, 1.165) is 26.2 Å². The maximum Gasteiger partial charge on any atom is 0.0719 e. The summed E-state index contributed by atoms with van der Waals surface area (Å²) in [4.78, 5) is 0. The van der Waals surface area contributed by atoms with Crippen molar-refractivity contribution in [2.75, 3.05) is 13.2 Å². The summed E-state index contributed by atoms with van der Waals surface area (Å²) in [5.74, 6) is 1.31. The van der Waals surface area contributed by atoms with Crippen molar-refractivity contribution in [3.8, 4) is 0 Å². The Morgan fingerprint density at radius 3 is 2.88 bits per heavy atom. The van der Waals surface area contributed by atoms with Crippen molar-refractivity contribution >= 4 is 0 Å².